The number of aliphatic imine (C=N–C) groups is 1. The van der Waals surface area contributed by atoms with Gasteiger partial charge in [0.25, 0.3) is 0 Å². The van der Waals surface area contributed by atoms with Crippen LogP contribution in [0.25, 0.3) is 0 Å². The number of piperidine rings is 1. The minimum absolute atomic E-state index is 0.0761. The SMILES string of the molecule is CCOC(=O)C1CCCN(C(=O)CC2=CSC3=NC(C)=C(C(=O)OC)C(c4ccc(Cl)cc4)N23)C1. The fourth-order valence-corrected chi connectivity index (χ4v) is 5.71. The number of likely N-dealkylation sites (tertiary alicyclic amines) is 1. The number of amides is 1. The summed E-state index contributed by atoms with van der Waals surface area (Å²) in [5.41, 5.74) is 2.57. The Morgan fingerprint density at radius 1 is 1.23 bits per heavy atom. The van der Waals surface area contributed by atoms with Crippen LogP contribution in [0.1, 0.15) is 44.7 Å². The number of carbonyl (C=O) groups excluding carboxylic acids is 3. The molecule has 0 bridgehead atoms. The molecule has 0 aliphatic carbocycles. The first-order valence-corrected chi connectivity index (χ1v) is 12.8. The van der Waals surface area contributed by atoms with Gasteiger partial charge >= 0.3 is 11.9 Å². The third-order valence-corrected chi connectivity index (χ3v) is 7.46. The van der Waals surface area contributed by atoms with Crippen molar-refractivity contribution < 1.29 is 23.9 Å². The van der Waals surface area contributed by atoms with Gasteiger partial charge in [0.15, 0.2) is 5.17 Å². The van der Waals surface area contributed by atoms with E-state index >= 15 is 0 Å². The van der Waals surface area contributed by atoms with E-state index in [2.05, 4.69) is 4.99 Å². The lowest BCUT2D eigenvalue weighted by molar-refractivity contribution is -0.151. The molecular weight excluding hydrogens is 490 g/mol. The van der Waals surface area contributed by atoms with Gasteiger partial charge in [-0.05, 0) is 49.8 Å². The molecule has 1 amide bonds. The molecule has 186 valence electrons. The van der Waals surface area contributed by atoms with Crippen molar-refractivity contribution in [1.82, 2.24) is 9.80 Å². The summed E-state index contributed by atoms with van der Waals surface area (Å²) in [7, 11) is 1.34. The lowest BCUT2D eigenvalue weighted by Crippen LogP contribution is -2.44. The van der Waals surface area contributed by atoms with Crippen LogP contribution < -0.4 is 0 Å². The third-order valence-electron chi connectivity index (χ3n) is 6.32. The van der Waals surface area contributed by atoms with Crippen LogP contribution in [-0.4, -0.2) is 59.6 Å². The summed E-state index contributed by atoms with van der Waals surface area (Å²) < 4.78 is 10.3. The molecule has 3 aliphatic rings. The second kappa shape index (κ2) is 10.9. The quantitative estimate of drug-likeness (QED) is 0.520. The summed E-state index contributed by atoms with van der Waals surface area (Å²) in [4.78, 5) is 46.6. The molecule has 0 spiro atoms. The average Bonchev–Trinajstić information content (AvgIpc) is 3.25. The number of amidine groups is 1. The molecule has 8 nitrogen and oxygen atoms in total. The van der Waals surface area contributed by atoms with Crippen LogP contribution in [0.2, 0.25) is 5.02 Å². The van der Waals surface area contributed by atoms with E-state index in [9.17, 15) is 14.4 Å². The predicted octanol–water partition coefficient (Wildman–Crippen LogP) is 4.28. The summed E-state index contributed by atoms with van der Waals surface area (Å²) in [6, 6.07) is 6.77. The highest BCUT2D eigenvalue weighted by atomic mass is 35.5. The maximum Gasteiger partial charge on any atom is 0.338 e. The summed E-state index contributed by atoms with van der Waals surface area (Å²) in [5.74, 6) is -1.10. The molecule has 3 aliphatic heterocycles. The highest BCUT2D eigenvalue weighted by Crippen LogP contribution is 2.45. The van der Waals surface area contributed by atoms with Gasteiger partial charge in [0.1, 0.15) is 0 Å². The Morgan fingerprint density at radius 2 is 1.97 bits per heavy atom. The molecule has 0 saturated carbocycles. The number of thioether (sulfide) groups is 1. The van der Waals surface area contributed by atoms with E-state index in [-0.39, 0.29) is 24.2 Å². The van der Waals surface area contributed by atoms with Crippen LogP contribution >= 0.6 is 23.4 Å². The van der Waals surface area contributed by atoms with Gasteiger partial charge in [-0.25, -0.2) is 9.79 Å². The Labute approximate surface area is 214 Å². The van der Waals surface area contributed by atoms with Gasteiger partial charge in [-0.15, -0.1) is 0 Å². The molecule has 1 fully saturated rings. The number of rotatable bonds is 6. The summed E-state index contributed by atoms with van der Waals surface area (Å²) in [6.07, 6.45) is 1.59. The highest BCUT2D eigenvalue weighted by molar-refractivity contribution is 8.16. The first-order valence-electron chi connectivity index (χ1n) is 11.6. The molecule has 1 aromatic rings. The number of allylic oxidation sites excluding steroid dienone is 1. The monoisotopic (exact) mass is 517 g/mol. The van der Waals surface area contributed by atoms with Crippen molar-refractivity contribution in [2.24, 2.45) is 10.9 Å². The normalized spacial score (nSPS) is 21.8. The zero-order chi connectivity index (χ0) is 25.1. The van der Waals surface area contributed by atoms with Crippen molar-refractivity contribution in [3.63, 3.8) is 0 Å². The number of hydrogen-bond acceptors (Lipinski definition) is 8. The molecule has 35 heavy (non-hydrogen) atoms. The second-order valence-corrected chi connectivity index (χ2v) is 9.82. The standard InChI is InChI=1S/C25H28ClN3O5S/c1-4-34-23(31)17-6-5-11-28(13-17)20(30)12-19-14-35-25-27-15(2)21(24(32)33-3)22(29(19)25)16-7-9-18(26)10-8-16/h7-10,14,17,22H,4-6,11-13H2,1-3H3. The van der Waals surface area contributed by atoms with E-state index in [1.807, 2.05) is 22.4 Å². The zero-order valence-electron chi connectivity index (χ0n) is 20.0. The van der Waals surface area contributed by atoms with Crippen molar-refractivity contribution >= 4 is 46.4 Å². The molecule has 0 radical (unpaired) electrons. The first-order chi connectivity index (χ1) is 16.8. The molecule has 1 saturated heterocycles. The summed E-state index contributed by atoms with van der Waals surface area (Å²) >= 11 is 7.53. The van der Waals surface area contributed by atoms with Gasteiger partial charge < -0.3 is 19.3 Å². The number of benzene rings is 1. The predicted molar refractivity (Wildman–Crippen MR) is 134 cm³/mol. The van der Waals surface area contributed by atoms with Crippen LogP contribution in [0.3, 0.4) is 0 Å². The molecule has 1 aromatic carbocycles. The lowest BCUT2D eigenvalue weighted by Gasteiger charge is -2.37. The number of methoxy groups -OCH3 is 1. The summed E-state index contributed by atoms with van der Waals surface area (Å²) in [5, 5.41) is 3.18. The molecule has 2 atom stereocenters. The van der Waals surface area contributed by atoms with Crippen LogP contribution in [0.4, 0.5) is 0 Å². The van der Waals surface area contributed by atoms with Gasteiger partial charge in [-0.1, -0.05) is 35.5 Å². The summed E-state index contributed by atoms with van der Waals surface area (Å²) in [6.45, 7) is 4.84. The molecule has 0 aromatic heterocycles. The van der Waals surface area contributed by atoms with Crippen molar-refractivity contribution in [3.8, 4) is 0 Å². The van der Waals surface area contributed by atoms with E-state index < -0.39 is 12.0 Å². The Hall–Kier alpha value is -2.78. The number of halogens is 1. The average molecular weight is 518 g/mol. The topological polar surface area (TPSA) is 88.5 Å². The molecule has 4 rings (SSSR count). The van der Waals surface area contributed by atoms with Gasteiger partial charge in [0, 0.05) is 23.8 Å². The number of nitrogens with zero attached hydrogens (tertiary/aromatic N) is 3. The van der Waals surface area contributed by atoms with Gasteiger partial charge in [0.2, 0.25) is 5.91 Å². The van der Waals surface area contributed by atoms with E-state index in [0.717, 1.165) is 24.1 Å². The zero-order valence-corrected chi connectivity index (χ0v) is 21.5. The minimum atomic E-state index is -0.505. The van der Waals surface area contributed by atoms with Crippen LogP contribution in [0.15, 0.2) is 51.6 Å². The van der Waals surface area contributed by atoms with E-state index in [4.69, 9.17) is 21.1 Å². The fraction of sp³-hybridized carbons (Fsp3) is 0.440. The number of hydrogen-bond donors (Lipinski definition) is 0. The van der Waals surface area contributed by atoms with Crippen molar-refractivity contribution in [2.45, 2.75) is 39.2 Å². The minimum Gasteiger partial charge on any atom is -0.466 e. The molecular formula is C25H28ClN3O5S. The van der Waals surface area contributed by atoms with Gasteiger partial charge in [-0.2, -0.15) is 0 Å². The van der Waals surface area contributed by atoms with E-state index in [1.54, 1.807) is 30.9 Å². The Kier molecular flexibility index (Phi) is 7.86. The van der Waals surface area contributed by atoms with Crippen molar-refractivity contribution in [2.75, 3.05) is 26.8 Å². The number of esters is 2. The lowest BCUT2D eigenvalue weighted by atomic mass is 9.93. The van der Waals surface area contributed by atoms with Gasteiger partial charge in [0.05, 0.1) is 43.4 Å². The second-order valence-electron chi connectivity index (χ2n) is 8.54. The molecule has 10 heteroatoms. The van der Waals surface area contributed by atoms with E-state index in [1.165, 1.54) is 18.9 Å². The smallest absolute Gasteiger partial charge is 0.338 e. The maximum absolute atomic E-state index is 13.3. The number of ether oxygens (including phenoxy) is 2. The third kappa shape index (κ3) is 5.26. The largest absolute Gasteiger partial charge is 0.466 e. The van der Waals surface area contributed by atoms with E-state index in [0.29, 0.717) is 41.2 Å². The molecule has 2 unspecified atom stereocenters. The molecule has 0 N–H and O–H groups in total. The van der Waals surface area contributed by atoms with Crippen molar-refractivity contribution in [3.05, 3.63) is 57.2 Å². The first kappa shape index (κ1) is 25.3. The Bertz CT molecular complexity index is 1110. The van der Waals surface area contributed by atoms with Crippen LogP contribution in [-0.2, 0) is 23.9 Å². The molecule has 3 heterocycles. The number of fused-ring (bicyclic) bond motifs is 1. The van der Waals surface area contributed by atoms with Gasteiger partial charge in [-0.3, -0.25) is 9.59 Å². The fourth-order valence-electron chi connectivity index (χ4n) is 4.62. The maximum atomic E-state index is 13.3. The van der Waals surface area contributed by atoms with Crippen LogP contribution in [0, 0.1) is 5.92 Å². The van der Waals surface area contributed by atoms with Crippen molar-refractivity contribution in [1.29, 1.82) is 0 Å². The Balaban J connectivity index is 1.59. The number of carbonyl (C=O) groups is 3. The van der Waals surface area contributed by atoms with Crippen LogP contribution in [0.5, 0.6) is 0 Å². The highest BCUT2D eigenvalue weighted by Gasteiger charge is 2.41. The Morgan fingerprint density at radius 3 is 2.66 bits per heavy atom.